The number of hydrogen-bond donors (Lipinski definition) is 2. The first-order valence-corrected chi connectivity index (χ1v) is 9.31. The molecule has 2 N–H and O–H groups in total. The monoisotopic (exact) mass is 324 g/mol. The van der Waals surface area contributed by atoms with E-state index in [0.717, 1.165) is 17.7 Å². The Hall–Kier alpha value is -1.76. The molecule has 2 aliphatic heterocycles. The van der Waals surface area contributed by atoms with Gasteiger partial charge in [-0.1, -0.05) is 18.2 Å². The molecule has 2 unspecified atom stereocenters. The van der Waals surface area contributed by atoms with Gasteiger partial charge in [-0.2, -0.15) is 0 Å². The van der Waals surface area contributed by atoms with Crippen molar-refractivity contribution >= 4 is 15.9 Å². The van der Waals surface area contributed by atoms with Gasteiger partial charge in [0, 0.05) is 13.0 Å². The van der Waals surface area contributed by atoms with Crippen LogP contribution in [0.25, 0.3) is 0 Å². The number of carbonyl (C=O) groups is 1. The third kappa shape index (κ3) is 3.71. The summed E-state index contributed by atoms with van der Waals surface area (Å²) < 4.78 is 28.4. The number of sulfone groups is 1. The number of hydrogen-bond acceptors (Lipinski definition) is 4. The lowest BCUT2D eigenvalue weighted by Crippen LogP contribution is -2.42. The van der Waals surface area contributed by atoms with E-state index < -0.39 is 9.84 Å². The quantitative estimate of drug-likeness (QED) is 0.855. The van der Waals surface area contributed by atoms with Gasteiger partial charge in [-0.15, -0.1) is 0 Å². The van der Waals surface area contributed by atoms with Crippen molar-refractivity contribution in [2.24, 2.45) is 5.92 Å². The lowest BCUT2D eigenvalue weighted by Gasteiger charge is -2.14. The summed E-state index contributed by atoms with van der Waals surface area (Å²) in [7, 11) is -2.89. The molecule has 0 saturated carbocycles. The van der Waals surface area contributed by atoms with Gasteiger partial charge in [-0.05, 0) is 24.0 Å². The van der Waals surface area contributed by atoms with Crippen LogP contribution in [0.15, 0.2) is 24.3 Å². The fourth-order valence-electron chi connectivity index (χ4n) is 2.91. The first-order chi connectivity index (χ1) is 10.5. The standard InChI is InChI=1S/C15H20N2O4S/c18-15(16-8-11-5-6-22(19,20)10-11)17-9-13-7-12-3-1-2-4-14(12)21-13/h1-4,11,13H,5-10H2,(H2,16,17,18). The molecule has 3 rings (SSSR count). The van der Waals surface area contributed by atoms with Crippen LogP contribution < -0.4 is 15.4 Å². The molecule has 7 heteroatoms. The van der Waals surface area contributed by atoms with Gasteiger partial charge in [0.15, 0.2) is 9.84 Å². The first-order valence-electron chi connectivity index (χ1n) is 7.48. The Morgan fingerprint density at radius 3 is 2.73 bits per heavy atom. The molecule has 120 valence electrons. The molecule has 6 nitrogen and oxygen atoms in total. The van der Waals surface area contributed by atoms with E-state index in [-0.39, 0.29) is 29.6 Å². The number of fused-ring (bicyclic) bond motifs is 1. The topological polar surface area (TPSA) is 84.5 Å². The van der Waals surface area contributed by atoms with E-state index in [4.69, 9.17) is 4.74 Å². The SMILES string of the molecule is O=C(NCC1CCS(=O)(=O)C1)NCC1Cc2ccccc2O1. The maximum Gasteiger partial charge on any atom is 0.314 e. The minimum Gasteiger partial charge on any atom is -0.488 e. The first kappa shape index (κ1) is 15.1. The van der Waals surface area contributed by atoms with Crippen molar-refractivity contribution in [3.63, 3.8) is 0 Å². The highest BCUT2D eigenvalue weighted by atomic mass is 32.2. The highest BCUT2D eigenvalue weighted by Crippen LogP contribution is 2.27. The van der Waals surface area contributed by atoms with Crippen molar-refractivity contribution in [1.82, 2.24) is 10.6 Å². The zero-order chi connectivity index (χ0) is 15.6. The number of para-hydroxylation sites is 1. The number of ether oxygens (including phenoxy) is 1. The van der Waals surface area contributed by atoms with Crippen molar-refractivity contribution in [3.8, 4) is 5.75 Å². The largest absolute Gasteiger partial charge is 0.488 e. The summed E-state index contributed by atoms with van der Waals surface area (Å²) in [5.41, 5.74) is 1.16. The third-order valence-electron chi connectivity index (χ3n) is 4.08. The Morgan fingerprint density at radius 2 is 2.00 bits per heavy atom. The molecular formula is C15H20N2O4S. The molecule has 2 aliphatic rings. The van der Waals surface area contributed by atoms with E-state index in [1.165, 1.54) is 0 Å². The van der Waals surface area contributed by atoms with Crippen LogP contribution in [0.4, 0.5) is 4.79 Å². The summed E-state index contributed by atoms with van der Waals surface area (Å²) in [6.45, 7) is 0.834. The minimum absolute atomic E-state index is 0.0303. The summed E-state index contributed by atoms with van der Waals surface area (Å²) in [6, 6.07) is 7.58. The van der Waals surface area contributed by atoms with Crippen LogP contribution in [-0.4, -0.2) is 45.1 Å². The fraction of sp³-hybridized carbons (Fsp3) is 0.533. The molecule has 0 radical (unpaired) electrons. The lowest BCUT2D eigenvalue weighted by molar-refractivity contribution is 0.213. The van der Waals surface area contributed by atoms with Crippen molar-refractivity contribution in [3.05, 3.63) is 29.8 Å². The molecule has 0 aromatic heterocycles. The number of benzene rings is 1. The van der Waals surface area contributed by atoms with Crippen LogP contribution in [0.2, 0.25) is 0 Å². The molecule has 1 fully saturated rings. The molecule has 0 bridgehead atoms. The lowest BCUT2D eigenvalue weighted by atomic mass is 10.1. The zero-order valence-electron chi connectivity index (χ0n) is 12.2. The van der Waals surface area contributed by atoms with Gasteiger partial charge in [0.25, 0.3) is 0 Å². The number of nitrogens with one attached hydrogen (secondary N) is 2. The van der Waals surface area contributed by atoms with Crippen molar-refractivity contribution in [2.45, 2.75) is 18.9 Å². The van der Waals surface area contributed by atoms with Crippen LogP contribution in [0.3, 0.4) is 0 Å². The van der Waals surface area contributed by atoms with Gasteiger partial charge >= 0.3 is 6.03 Å². The summed E-state index contributed by atoms with van der Waals surface area (Å²) in [5, 5.41) is 5.52. The van der Waals surface area contributed by atoms with E-state index in [2.05, 4.69) is 10.6 Å². The van der Waals surface area contributed by atoms with Gasteiger partial charge < -0.3 is 15.4 Å². The number of rotatable bonds is 4. The van der Waals surface area contributed by atoms with Gasteiger partial charge in [-0.3, -0.25) is 0 Å². The summed E-state index contributed by atoms with van der Waals surface area (Å²) >= 11 is 0. The normalized spacial score (nSPS) is 25.3. The molecule has 0 spiro atoms. The molecule has 22 heavy (non-hydrogen) atoms. The van der Waals surface area contributed by atoms with E-state index >= 15 is 0 Å². The predicted molar refractivity (Wildman–Crippen MR) is 82.7 cm³/mol. The molecule has 2 atom stereocenters. The summed E-state index contributed by atoms with van der Waals surface area (Å²) in [6.07, 6.45) is 1.37. The predicted octanol–water partition coefficient (Wildman–Crippen LogP) is 0.724. The zero-order valence-corrected chi connectivity index (χ0v) is 13.1. The molecule has 0 aliphatic carbocycles. The second-order valence-corrected chi connectivity index (χ2v) is 8.14. The summed E-state index contributed by atoms with van der Waals surface area (Å²) in [4.78, 5) is 11.8. The number of urea groups is 1. The van der Waals surface area contributed by atoms with Crippen LogP contribution in [0.5, 0.6) is 5.75 Å². The molecular weight excluding hydrogens is 304 g/mol. The molecule has 1 saturated heterocycles. The molecule has 1 aromatic carbocycles. The second kappa shape index (κ2) is 6.16. The van der Waals surface area contributed by atoms with Crippen LogP contribution >= 0.6 is 0 Å². The number of amides is 2. The van der Waals surface area contributed by atoms with Crippen LogP contribution in [-0.2, 0) is 16.3 Å². The molecule has 2 amide bonds. The smallest absolute Gasteiger partial charge is 0.314 e. The second-order valence-electron chi connectivity index (χ2n) is 5.91. The Kier molecular flexibility index (Phi) is 4.24. The minimum atomic E-state index is -2.89. The summed E-state index contributed by atoms with van der Waals surface area (Å²) in [5.74, 6) is 1.32. The Labute approximate surface area is 130 Å². The highest BCUT2D eigenvalue weighted by Gasteiger charge is 2.28. The van der Waals surface area contributed by atoms with Crippen molar-refractivity contribution in [2.75, 3.05) is 24.6 Å². The van der Waals surface area contributed by atoms with E-state index in [1.807, 2.05) is 24.3 Å². The van der Waals surface area contributed by atoms with Gasteiger partial charge in [-0.25, -0.2) is 13.2 Å². The van der Waals surface area contributed by atoms with Gasteiger partial charge in [0.1, 0.15) is 11.9 Å². The highest BCUT2D eigenvalue weighted by molar-refractivity contribution is 7.91. The fourth-order valence-corrected chi connectivity index (χ4v) is 4.77. The van der Waals surface area contributed by atoms with Crippen molar-refractivity contribution < 1.29 is 17.9 Å². The number of carbonyl (C=O) groups excluding carboxylic acids is 1. The molecule has 1 aromatic rings. The third-order valence-corrected chi connectivity index (χ3v) is 5.92. The Balaban J connectivity index is 1.37. The van der Waals surface area contributed by atoms with Crippen molar-refractivity contribution in [1.29, 1.82) is 0 Å². The van der Waals surface area contributed by atoms with Crippen LogP contribution in [0, 0.1) is 5.92 Å². The molecule has 2 heterocycles. The average Bonchev–Trinajstić information content (AvgIpc) is 3.05. The Morgan fingerprint density at radius 1 is 1.23 bits per heavy atom. The van der Waals surface area contributed by atoms with Gasteiger partial charge in [0.05, 0.1) is 18.1 Å². The average molecular weight is 324 g/mol. The van der Waals surface area contributed by atoms with Crippen LogP contribution in [0.1, 0.15) is 12.0 Å². The van der Waals surface area contributed by atoms with Gasteiger partial charge in [0.2, 0.25) is 0 Å². The van der Waals surface area contributed by atoms with E-state index in [9.17, 15) is 13.2 Å². The maximum atomic E-state index is 11.8. The van der Waals surface area contributed by atoms with E-state index in [0.29, 0.717) is 19.5 Å². The Bertz CT molecular complexity index is 634. The maximum absolute atomic E-state index is 11.8. The van der Waals surface area contributed by atoms with E-state index in [1.54, 1.807) is 0 Å².